The predicted molar refractivity (Wildman–Crippen MR) is 77.0 cm³/mol. The standard InChI is InChI=1S/C14H21N3OS/c1-16(2)14(5-3-6-14)10-17-12(18)8-15-13(17)11-4-7-19-9-11/h4,7,9,13,15H,3,5-6,8,10H2,1-2H3. The van der Waals surface area contributed by atoms with Gasteiger partial charge in [0.05, 0.1) is 6.54 Å². The summed E-state index contributed by atoms with van der Waals surface area (Å²) in [6, 6.07) is 2.11. The van der Waals surface area contributed by atoms with Gasteiger partial charge in [-0.1, -0.05) is 0 Å². The van der Waals surface area contributed by atoms with Crippen LogP contribution in [0.1, 0.15) is 31.0 Å². The van der Waals surface area contributed by atoms with Gasteiger partial charge in [0.25, 0.3) is 0 Å². The lowest BCUT2D eigenvalue weighted by molar-refractivity contribution is -0.131. The van der Waals surface area contributed by atoms with Crippen LogP contribution in [-0.4, -0.2) is 48.4 Å². The normalized spacial score (nSPS) is 25.9. The van der Waals surface area contributed by atoms with Crippen LogP contribution in [0.15, 0.2) is 16.8 Å². The SMILES string of the molecule is CN(C)C1(CN2C(=O)CNC2c2ccsc2)CCC1. The van der Waals surface area contributed by atoms with Crippen molar-refractivity contribution < 1.29 is 4.79 Å². The van der Waals surface area contributed by atoms with E-state index in [-0.39, 0.29) is 17.6 Å². The van der Waals surface area contributed by atoms with E-state index >= 15 is 0 Å². The molecule has 1 aromatic heterocycles. The number of carbonyl (C=O) groups is 1. The summed E-state index contributed by atoms with van der Waals surface area (Å²) in [4.78, 5) is 16.5. The predicted octanol–water partition coefficient (Wildman–Crippen LogP) is 1.66. The van der Waals surface area contributed by atoms with Crippen LogP contribution in [0.3, 0.4) is 0 Å². The molecular formula is C14H21N3OS. The van der Waals surface area contributed by atoms with Gasteiger partial charge >= 0.3 is 0 Å². The summed E-state index contributed by atoms with van der Waals surface area (Å²) >= 11 is 1.69. The molecule has 0 bridgehead atoms. The van der Waals surface area contributed by atoms with Crippen molar-refractivity contribution in [2.24, 2.45) is 0 Å². The maximum atomic E-state index is 12.2. The Bertz CT molecular complexity index is 453. The van der Waals surface area contributed by atoms with Gasteiger partial charge in [0, 0.05) is 12.1 Å². The van der Waals surface area contributed by atoms with E-state index in [2.05, 4.69) is 41.1 Å². The van der Waals surface area contributed by atoms with E-state index in [1.165, 1.54) is 24.8 Å². The van der Waals surface area contributed by atoms with Gasteiger partial charge in [-0.25, -0.2) is 0 Å². The fourth-order valence-electron chi connectivity index (χ4n) is 3.10. The molecule has 1 N–H and O–H groups in total. The molecule has 2 heterocycles. The Morgan fingerprint density at radius 3 is 2.84 bits per heavy atom. The summed E-state index contributed by atoms with van der Waals surface area (Å²) in [5, 5.41) is 7.54. The summed E-state index contributed by atoms with van der Waals surface area (Å²) < 4.78 is 0. The topological polar surface area (TPSA) is 35.6 Å². The van der Waals surface area contributed by atoms with Gasteiger partial charge < -0.3 is 9.80 Å². The number of rotatable bonds is 4. The van der Waals surface area contributed by atoms with Gasteiger partial charge in [0.1, 0.15) is 6.17 Å². The summed E-state index contributed by atoms with van der Waals surface area (Å²) in [7, 11) is 4.26. The summed E-state index contributed by atoms with van der Waals surface area (Å²) in [6.45, 7) is 1.30. The van der Waals surface area contributed by atoms with Gasteiger partial charge in [0.2, 0.25) is 5.91 Å². The van der Waals surface area contributed by atoms with Gasteiger partial charge in [0.15, 0.2) is 0 Å². The van der Waals surface area contributed by atoms with Crippen LogP contribution in [0, 0.1) is 0 Å². The van der Waals surface area contributed by atoms with Gasteiger partial charge in [-0.2, -0.15) is 11.3 Å². The van der Waals surface area contributed by atoms with Crippen LogP contribution < -0.4 is 5.32 Å². The van der Waals surface area contributed by atoms with E-state index in [1.807, 2.05) is 4.90 Å². The van der Waals surface area contributed by atoms with E-state index in [0.717, 1.165) is 6.54 Å². The van der Waals surface area contributed by atoms with Crippen molar-refractivity contribution >= 4 is 17.2 Å². The molecule has 0 aromatic carbocycles. The average Bonchev–Trinajstić information content (AvgIpc) is 2.93. The Kier molecular flexibility index (Phi) is 3.37. The number of hydrogen-bond donors (Lipinski definition) is 1. The molecule has 1 aliphatic carbocycles. The van der Waals surface area contributed by atoms with E-state index < -0.39 is 0 Å². The van der Waals surface area contributed by atoms with E-state index in [0.29, 0.717) is 6.54 Å². The lowest BCUT2D eigenvalue weighted by atomic mass is 9.75. The third kappa shape index (κ3) is 2.20. The van der Waals surface area contributed by atoms with Crippen molar-refractivity contribution in [3.8, 4) is 0 Å². The lowest BCUT2D eigenvalue weighted by Gasteiger charge is -2.49. The van der Waals surface area contributed by atoms with Crippen molar-refractivity contribution in [1.82, 2.24) is 15.1 Å². The minimum atomic E-state index is 0.0659. The zero-order valence-corrected chi connectivity index (χ0v) is 12.4. The quantitative estimate of drug-likeness (QED) is 0.910. The first-order chi connectivity index (χ1) is 9.12. The third-order valence-electron chi connectivity index (χ3n) is 4.64. The molecule has 0 radical (unpaired) electrons. The average molecular weight is 279 g/mol. The molecule has 2 fully saturated rings. The number of thiophene rings is 1. The Balaban J connectivity index is 1.79. The molecule has 1 aromatic rings. The highest BCUT2D eigenvalue weighted by Crippen LogP contribution is 2.39. The first kappa shape index (κ1) is 13.1. The number of nitrogens with one attached hydrogen (secondary N) is 1. The van der Waals surface area contributed by atoms with Gasteiger partial charge in [-0.15, -0.1) is 0 Å². The van der Waals surface area contributed by atoms with Crippen LogP contribution in [-0.2, 0) is 4.79 Å². The number of carbonyl (C=O) groups excluding carboxylic acids is 1. The van der Waals surface area contributed by atoms with E-state index in [9.17, 15) is 4.79 Å². The summed E-state index contributed by atoms with van der Waals surface area (Å²) in [6.07, 6.45) is 3.73. The second-order valence-corrected chi connectivity index (χ2v) is 6.61. The maximum absolute atomic E-state index is 12.2. The van der Waals surface area contributed by atoms with Crippen molar-refractivity contribution in [3.63, 3.8) is 0 Å². The molecule has 3 rings (SSSR count). The molecule has 2 aliphatic rings. The van der Waals surface area contributed by atoms with E-state index in [4.69, 9.17) is 0 Å². The second kappa shape index (κ2) is 4.89. The molecule has 5 heteroatoms. The van der Waals surface area contributed by atoms with Crippen molar-refractivity contribution in [1.29, 1.82) is 0 Å². The molecule has 19 heavy (non-hydrogen) atoms. The highest BCUT2D eigenvalue weighted by molar-refractivity contribution is 7.07. The molecule has 1 atom stereocenters. The van der Waals surface area contributed by atoms with Crippen molar-refractivity contribution in [2.45, 2.75) is 31.0 Å². The smallest absolute Gasteiger partial charge is 0.238 e. The zero-order valence-electron chi connectivity index (χ0n) is 11.6. The lowest BCUT2D eigenvalue weighted by Crippen LogP contribution is -2.58. The van der Waals surface area contributed by atoms with Crippen molar-refractivity contribution in [3.05, 3.63) is 22.4 Å². The molecule has 1 unspecified atom stereocenters. The monoisotopic (exact) mass is 279 g/mol. The van der Waals surface area contributed by atoms with Crippen LogP contribution in [0.25, 0.3) is 0 Å². The molecule has 1 amide bonds. The zero-order chi connectivity index (χ0) is 13.5. The fraction of sp³-hybridized carbons (Fsp3) is 0.643. The molecule has 4 nitrogen and oxygen atoms in total. The van der Waals surface area contributed by atoms with Crippen molar-refractivity contribution in [2.75, 3.05) is 27.2 Å². The largest absolute Gasteiger partial charge is 0.320 e. The van der Waals surface area contributed by atoms with E-state index in [1.54, 1.807) is 11.3 Å². The molecular weight excluding hydrogens is 258 g/mol. The number of likely N-dealkylation sites (N-methyl/N-ethyl adjacent to an activating group) is 1. The minimum Gasteiger partial charge on any atom is -0.320 e. The van der Waals surface area contributed by atoms with Crippen LogP contribution in [0.2, 0.25) is 0 Å². The summed E-state index contributed by atoms with van der Waals surface area (Å²) in [5.74, 6) is 0.226. The number of hydrogen-bond acceptors (Lipinski definition) is 4. The highest BCUT2D eigenvalue weighted by Gasteiger charge is 2.44. The Hall–Kier alpha value is -0.910. The Morgan fingerprint density at radius 2 is 2.32 bits per heavy atom. The maximum Gasteiger partial charge on any atom is 0.238 e. The molecule has 104 valence electrons. The number of amides is 1. The second-order valence-electron chi connectivity index (χ2n) is 5.83. The molecule has 0 spiro atoms. The van der Waals surface area contributed by atoms with Gasteiger partial charge in [-0.3, -0.25) is 10.1 Å². The van der Waals surface area contributed by atoms with Crippen LogP contribution in [0.4, 0.5) is 0 Å². The van der Waals surface area contributed by atoms with Crippen LogP contribution in [0.5, 0.6) is 0 Å². The fourth-order valence-corrected chi connectivity index (χ4v) is 3.78. The highest BCUT2D eigenvalue weighted by atomic mass is 32.1. The number of nitrogens with zero attached hydrogens (tertiary/aromatic N) is 2. The summed E-state index contributed by atoms with van der Waals surface area (Å²) in [5.41, 5.74) is 1.40. The molecule has 1 aliphatic heterocycles. The minimum absolute atomic E-state index is 0.0659. The first-order valence-corrected chi connectivity index (χ1v) is 7.79. The Morgan fingerprint density at radius 1 is 1.53 bits per heavy atom. The first-order valence-electron chi connectivity index (χ1n) is 6.85. The Labute approximate surface area is 118 Å². The van der Waals surface area contributed by atoms with Crippen LogP contribution >= 0.6 is 11.3 Å². The molecule has 1 saturated heterocycles. The van der Waals surface area contributed by atoms with Gasteiger partial charge in [-0.05, 0) is 55.7 Å². The third-order valence-corrected chi connectivity index (χ3v) is 5.34. The molecule has 1 saturated carbocycles.